The summed E-state index contributed by atoms with van der Waals surface area (Å²) in [5, 5.41) is 12.0. The Hall–Kier alpha value is -1.07. The molecule has 0 aromatic heterocycles. The highest BCUT2D eigenvalue weighted by Crippen LogP contribution is 2.26. The van der Waals surface area contributed by atoms with Gasteiger partial charge in [0.05, 0.1) is 25.5 Å². The highest BCUT2D eigenvalue weighted by molar-refractivity contribution is 9.10. The van der Waals surface area contributed by atoms with Gasteiger partial charge in [-0.1, -0.05) is 21.1 Å². The lowest BCUT2D eigenvalue weighted by Crippen LogP contribution is -2.21. The van der Waals surface area contributed by atoms with Crippen molar-refractivity contribution in [3.05, 3.63) is 28.2 Å². The van der Waals surface area contributed by atoms with Crippen LogP contribution in [0.25, 0.3) is 0 Å². The number of hydrogen-bond donors (Lipinski definition) is 1. The van der Waals surface area contributed by atoms with E-state index in [2.05, 4.69) is 21.1 Å². The number of hydrogen-bond acceptors (Lipinski definition) is 4. The van der Waals surface area contributed by atoms with Crippen LogP contribution in [0.3, 0.4) is 0 Å². The van der Waals surface area contributed by atoms with Crippen molar-refractivity contribution in [2.45, 2.75) is 38.4 Å². The van der Waals surface area contributed by atoms with Gasteiger partial charge in [0.25, 0.3) is 0 Å². The van der Waals surface area contributed by atoms with E-state index in [1.165, 1.54) is 0 Å². The van der Waals surface area contributed by atoms with Crippen LogP contribution >= 0.6 is 15.9 Å². The molecule has 0 saturated heterocycles. The minimum absolute atomic E-state index is 0.231. The summed E-state index contributed by atoms with van der Waals surface area (Å²) in [5.74, 6) is 0.844. The van der Waals surface area contributed by atoms with Crippen LogP contribution in [0.1, 0.15) is 31.2 Å². The summed E-state index contributed by atoms with van der Waals surface area (Å²) in [6.45, 7) is 0.541. The standard InChI is InChI=1S/C14H18BrNO3/c1-18-14-7-2-11(15)8-10(14)9-19-13-5-3-12(16-17)4-6-13/h2,7-8,13,17H,3-6,9H2,1H3. The molecule has 0 amide bonds. The van der Waals surface area contributed by atoms with E-state index in [1.807, 2.05) is 18.2 Å². The van der Waals surface area contributed by atoms with Gasteiger partial charge in [-0.25, -0.2) is 0 Å². The Morgan fingerprint density at radius 1 is 1.37 bits per heavy atom. The van der Waals surface area contributed by atoms with E-state index in [4.69, 9.17) is 14.7 Å². The van der Waals surface area contributed by atoms with E-state index in [1.54, 1.807) is 7.11 Å². The zero-order chi connectivity index (χ0) is 13.7. The van der Waals surface area contributed by atoms with Crippen LogP contribution in [-0.4, -0.2) is 24.1 Å². The Kier molecular flexibility index (Phi) is 5.22. The predicted octanol–water partition coefficient (Wildman–Crippen LogP) is 3.75. The molecule has 1 aliphatic carbocycles. The van der Waals surface area contributed by atoms with Gasteiger partial charge in [0, 0.05) is 10.0 Å². The zero-order valence-corrected chi connectivity index (χ0v) is 12.5. The lowest BCUT2D eigenvalue weighted by atomic mass is 9.96. The van der Waals surface area contributed by atoms with Gasteiger partial charge in [-0.2, -0.15) is 0 Å². The number of methoxy groups -OCH3 is 1. The molecule has 2 rings (SSSR count). The molecular formula is C14H18BrNO3. The molecule has 0 heterocycles. The average Bonchev–Trinajstić information content (AvgIpc) is 2.46. The number of nitrogens with zero attached hydrogens (tertiary/aromatic N) is 1. The maximum absolute atomic E-state index is 8.71. The Bertz CT molecular complexity index is 452. The molecule has 1 aromatic carbocycles. The third-order valence-corrected chi connectivity index (χ3v) is 3.86. The largest absolute Gasteiger partial charge is 0.496 e. The Morgan fingerprint density at radius 3 is 2.74 bits per heavy atom. The third kappa shape index (κ3) is 3.94. The lowest BCUT2D eigenvalue weighted by molar-refractivity contribution is 0.0268. The lowest BCUT2D eigenvalue weighted by Gasteiger charge is -2.23. The van der Waals surface area contributed by atoms with Crippen molar-refractivity contribution in [3.63, 3.8) is 0 Å². The number of rotatable bonds is 4. The van der Waals surface area contributed by atoms with Gasteiger partial charge < -0.3 is 14.7 Å². The van der Waals surface area contributed by atoms with Crippen LogP contribution in [0, 0.1) is 0 Å². The minimum atomic E-state index is 0.231. The molecular weight excluding hydrogens is 310 g/mol. The van der Waals surface area contributed by atoms with Gasteiger partial charge in [0.15, 0.2) is 0 Å². The molecule has 0 aliphatic heterocycles. The highest BCUT2D eigenvalue weighted by Gasteiger charge is 2.19. The topological polar surface area (TPSA) is 51.0 Å². The molecule has 4 nitrogen and oxygen atoms in total. The average molecular weight is 328 g/mol. The van der Waals surface area contributed by atoms with E-state index in [0.29, 0.717) is 6.61 Å². The first-order valence-electron chi connectivity index (χ1n) is 6.36. The summed E-state index contributed by atoms with van der Waals surface area (Å²) in [5.41, 5.74) is 1.92. The van der Waals surface area contributed by atoms with E-state index >= 15 is 0 Å². The van der Waals surface area contributed by atoms with Crippen LogP contribution < -0.4 is 4.74 Å². The van der Waals surface area contributed by atoms with E-state index in [-0.39, 0.29) is 6.10 Å². The molecule has 1 saturated carbocycles. The molecule has 0 radical (unpaired) electrons. The van der Waals surface area contributed by atoms with Gasteiger partial charge in [-0.05, 0) is 43.9 Å². The summed E-state index contributed by atoms with van der Waals surface area (Å²) in [7, 11) is 1.66. The zero-order valence-electron chi connectivity index (χ0n) is 10.9. The van der Waals surface area contributed by atoms with Crippen molar-refractivity contribution in [3.8, 4) is 5.75 Å². The summed E-state index contributed by atoms with van der Waals surface area (Å²) in [6.07, 6.45) is 3.69. The summed E-state index contributed by atoms with van der Waals surface area (Å²) in [4.78, 5) is 0. The molecule has 1 fully saturated rings. The van der Waals surface area contributed by atoms with Crippen molar-refractivity contribution < 1.29 is 14.7 Å². The molecule has 0 spiro atoms. The minimum Gasteiger partial charge on any atom is -0.496 e. The molecule has 0 unspecified atom stereocenters. The molecule has 0 bridgehead atoms. The fraction of sp³-hybridized carbons (Fsp3) is 0.500. The van der Waals surface area contributed by atoms with E-state index in [9.17, 15) is 0 Å². The van der Waals surface area contributed by atoms with Crippen molar-refractivity contribution >= 4 is 21.6 Å². The monoisotopic (exact) mass is 327 g/mol. The molecule has 5 heteroatoms. The highest BCUT2D eigenvalue weighted by atomic mass is 79.9. The number of halogens is 1. The summed E-state index contributed by atoms with van der Waals surface area (Å²) >= 11 is 3.45. The van der Waals surface area contributed by atoms with Gasteiger partial charge in [0.2, 0.25) is 0 Å². The Balaban J connectivity index is 1.90. The quantitative estimate of drug-likeness (QED) is 0.676. The fourth-order valence-electron chi connectivity index (χ4n) is 2.26. The normalized spacial score (nSPS) is 19.3. The van der Waals surface area contributed by atoms with Gasteiger partial charge in [-0.15, -0.1) is 0 Å². The second-order valence-electron chi connectivity index (χ2n) is 4.63. The summed E-state index contributed by atoms with van der Waals surface area (Å²) < 4.78 is 12.3. The SMILES string of the molecule is COc1ccc(Br)cc1COC1CCC(=NO)CC1. The maximum atomic E-state index is 8.71. The van der Waals surface area contributed by atoms with Crippen LogP contribution in [0.15, 0.2) is 27.8 Å². The second kappa shape index (κ2) is 6.91. The Morgan fingerprint density at radius 2 is 2.11 bits per heavy atom. The molecule has 1 aliphatic rings. The van der Waals surface area contributed by atoms with Gasteiger partial charge >= 0.3 is 0 Å². The van der Waals surface area contributed by atoms with E-state index in [0.717, 1.165) is 47.2 Å². The van der Waals surface area contributed by atoms with Gasteiger partial charge in [0.1, 0.15) is 5.75 Å². The fourth-order valence-corrected chi connectivity index (χ4v) is 2.67. The first-order valence-corrected chi connectivity index (χ1v) is 7.16. The summed E-state index contributed by atoms with van der Waals surface area (Å²) in [6, 6.07) is 5.90. The molecule has 19 heavy (non-hydrogen) atoms. The van der Waals surface area contributed by atoms with E-state index < -0.39 is 0 Å². The van der Waals surface area contributed by atoms with Crippen LogP contribution in [0.4, 0.5) is 0 Å². The smallest absolute Gasteiger partial charge is 0.124 e. The van der Waals surface area contributed by atoms with Crippen molar-refractivity contribution in [1.29, 1.82) is 0 Å². The molecule has 0 atom stereocenters. The first kappa shape index (κ1) is 14.3. The maximum Gasteiger partial charge on any atom is 0.124 e. The van der Waals surface area contributed by atoms with Crippen LogP contribution in [-0.2, 0) is 11.3 Å². The van der Waals surface area contributed by atoms with Crippen molar-refractivity contribution in [2.75, 3.05) is 7.11 Å². The molecule has 1 aromatic rings. The first-order chi connectivity index (χ1) is 9.22. The number of benzene rings is 1. The predicted molar refractivity (Wildman–Crippen MR) is 77.0 cm³/mol. The number of ether oxygens (including phenoxy) is 2. The van der Waals surface area contributed by atoms with Crippen LogP contribution in [0.2, 0.25) is 0 Å². The van der Waals surface area contributed by atoms with Crippen LogP contribution in [0.5, 0.6) is 5.75 Å². The number of oxime groups is 1. The van der Waals surface area contributed by atoms with Crippen molar-refractivity contribution in [1.82, 2.24) is 0 Å². The molecule has 104 valence electrons. The molecule has 1 N–H and O–H groups in total. The van der Waals surface area contributed by atoms with Crippen molar-refractivity contribution in [2.24, 2.45) is 5.16 Å². The second-order valence-corrected chi connectivity index (χ2v) is 5.55. The van der Waals surface area contributed by atoms with Gasteiger partial charge in [-0.3, -0.25) is 0 Å². The Labute approximate surface area is 121 Å². The third-order valence-electron chi connectivity index (χ3n) is 3.37.